The zero-order chi connectivity index (χ0) is 38.1. The van der Waals surface area contributed by atoms with Gasteiger partial charge in [0.05, 0.1) is 13.7 Å². The van der Waals surface area contributed by atoms with E-state index in [0.717, 1.165) is 33.2 Å². The third kappa shape index (κ3) is 47.7. The highest BCUT2D eigenvalue weighted by Crippen LogP contribution is 2.16. The topological polar surface area (TPSA) is 106 Å². The van der Waals surface area contributed by atoms with Crippen LogP contribution in [0.3, 0.4) is 0 Å². The number of unbranched alkanes of at least 4 members (excludes halogenated alkanes) is 30. The van der Waals surface area contributed by atoms with Gasteiger partial charge in [-0.05, 0) is 26.8 Å². The van der Waals surface area contributed by atoms with E-state index in [9.17, 15) is 13.5 Å². The van der Waals surface area contributed by atoms with Gasteiger partial charge in [-0.1, -0.05) is 206 Å². The summed E-state index contributed by atoms with van der Waals surface area (Å²) in [6, 6.07) is 0. The Morgan fingerprint density at radius 2 is 0.706 bits per heavy atom. The average Bonchev–Trinajstić information content (AvgIpc) is 3.10. The molecule has 0 aliphatic carbocycles. The molecule has 0 fully saturated rings. The fourth-order valence-electron chi connectivity index (χ4n) is 6.27. The van der Waals surface area contributed by atoms with E-state index in [2.05, 4.69) is 18.0 Å². The number of hydrogen-bond donors (Lipinski definition) is 2. The van der Waals surface area contributed by atoms with Crippen molar-refractivity contribution in [2.45, 2.75) is 239 Å². The lowest BCUT2D eigenvalue weighted by molar-refractivity contribution is -0.163. The molecule has 310 valence electrons. The third-order valence-electron chi connectivity index (χ3n) is 9.89. The van der Waals surface area contributed by atoms with Gasteiger partial charge in [-0.25, -0.2) is 0 Å². The second kappa shape index (κ2) is 42.5. The molecule has 0 amide bonds. The SMILES string of the molecule is CCCCCCCCCCCCCCCCCCOC(CN(C)C(C)O)OCCCCCCCCCCCCCCCCCC.COS(=O)(=O)O. The van der Waals surface area contributed by atoms with Gasteiger partial charge in [0.25, 0.3) is 0 Å². The summed E-state index contributed by atoms with van der Waals surface area (Å²) in [4.78, 5) is 1.91. The van der Waals surface area contributed by atoms with E-state index in [-0.39, 0.29) is 6.29 Å². The molecule has 0 aromatic carbocycles. The van der Waals surface area contributed by atoms with Crippen LogP contribution >= 0.6 is 0 Å². The summed E-state index contributed by atoms with van der Waals surface area (Å²) in [5.41, 5.74) is 0. The lowest BCUT2D eigenvalue weighted by atomic mass is 10.0. The Bertz CT molecular complexity index is 715. The van der Waals surface area contributed by atoms with Gasteiger partial charge >= 0.3 is 10.4 Å². The van der Waals surface area contributed by atoms with Crippen molar-refractivity contribution in [1.82, 2.24) is 4.90 Å². The summed E-state index contributed by atoms with van der Waals surface area (Å²) in [6.07, 6.45) is 43.6. The van der Waals surface area contributed by atoms with Crippen LogP contribution in [0.1, 0.15) is 226 Å². The van der Waals surface area contributed by atoms with Crippen LogP contribution in [0.15, 0.2) is 0 Å². The van der Waals surface area contributed by atoms with Crippen molar-refractivity contribution >= 4 is 10.4 Å². The minimum Gasteiger partial charge on any atom is -0.379 e. The first-order valence-electron chi connectivity index (χ1n) is 21.8. The zero-order valence-corrected chi connectivity index (χ0v) is 35.5. The average molecular weight is 752 g/mol. The highest BCUT2D eigenvalue weighted by molar-refractivity contribution is 7.80. The molecular weight excluding hydrogens is 663 g/mol. The Labute approximate surface area is 318 Å². The molecule has 0 bridgehead atoms. The Morgan fingerprint density at radius 3 is 0.902 bits per heavy atom. The number of nitrogens with zero attached hydrogens (tertiary/aromatic N) is 1. The fraction of sp³-hybridized carbons (Fsp3) is 1.00. The van der Waals surface area contributed by atoms with Crippen molar-refractivity contribution in [3.8, 4) is 0 Å². The van der Waals surface area contributed by atoms with Crippen LogP contribution < -0.4 is 0 Å². The van der Waals surface area contributed by atoms with Crippen molar-refractivity contribution in [3.05, 3.63) is 0 Å². The molecule has 0 aliphatic rings. The fourth-order valence-corrected chi connectivity index (χ4v) is 6.27. The maximum absolute atomic E-state index is 9.93. The number of aliphatic hydroxyl groups excluding tert-OH is 1. The second-order valence-electron chi connectivity index (χ2n) is 14.9. The normalized spacial score (nSPS) is 12.5. The molecule has 0 spiro atoms. The predicted molar refractivity (Wildman–Crippen MR) is 218 cm³/mol. The van der Waals surface area contributed by atoms with Crippen LogP contribution in [0.4, 0.5) is 0 Å². The summed E-state index contributed by atoms with van der Waals surface area (Å²) >= 11 is 0. The van der Waals surface area contributed by atoms with Crippen LogP contribution in [0.2, 0.25) is 0 Å². The first kappa shape index (κ1) is 52.8. The van der Waals surface area contributed by atoms with Gasteiger partial charge in [-0.3, -0.25) is 13.6 Å². The van der Waals surface area contributed by atoms with Crippen LogP contribution in [-0.4, -0.2) is 69.4 Å². The molecule has 0 aromatic rings. The largest absolute Gasteiger partial charge is 0.397 e. The minimum atomic E-state index is -4.16. The van der Waals surface area contributed by atoms with Crippen molar-refractivity contribution < 1.29 is 31.7 Å². The molecule has 0 heterocycles. The third-order valence-corrected chi connectivity index (χ3v) is 10.3. The maximum atomic E-state index is 9.93. The van der Waals surface area contributed by atoms with Gasteiger partial charge in [0.1, 0.15) is 6.23 Å². The monoisotopic (exact) mass is 752 g/mol. The van der Waals surface area contributed by atoms with E-state index in [1.54, 1.807) is 0 Å². The first-order valence-corrected chi connectivity index (χ1v) is 23.2. The van der Waals surface area contributed by atoms with E-state index in [4.69, 9.17) is 14.0 Å². The van der Waals surface area contributed by atoms with Crippen LogP contribution in [0, 0.1) is 0 Å². The smallest absolute Gasteiger partial charge is 0.379 e. The van der Waals surface area contributed by atoms with Gasteiger partial charge in [0.15, 0.2) is 6.29 Å². The van der Waals surface area contributed by atoms with E-state index < -0.39 is 16.6 Å². The van der Waals surface area contributed by atoms with E-state index >= 15 is 0 Å². The summed E-state index contributed by atoms with van der Waals surface area (Å²) in [7, 11) is -1.35. The standard InChI is InChI=1S/C41H85NO3.CH4O4S/c1-5-7-9-11-13-15-17-19-21-23-25-27-29-31-33-35-37-44-41(39-42(4)40(3)43)45-38-36-34-32-30-28-26-24-22-20-18-16-14-12-10-8-6-2;1-5-6(2,3)4/h40-41,43H,5-39H2,1-4H3;1H3,(H,2,3,4). The summed E-state index contributed by atoms with van der Waals surface area (Å²) < 4.78 is 42.0. The number of rotatable bonds is 40. The molecule has 2 N–H and O–H groups in total. The molecule has 1 atom stereocenters. The van der Waals surface area contributed by atoms with Gasteiger partial charge in [-0.2, -0.15) is 8.42 Å². The molecule has 51 heavy (non-hydrogen) atoms. The van der Waals surface area contributed by atoms with Crippen molar-refractivity contribution in [3.63, 3.8) is 0 Å². The molecule has 0 radical (unpaired) electrons. The van der Waals surface area contributed by atoms with E-state index in [0.29, 0.717) is 6.54 Å². The Hall–Kier alpha value is -0.290. The predicted octanol–water partition coefficient (Wildman–Crippen LogP) is 12.6. The number of hydrogen-bond acceptors (Lipinski definition) is 7. The lowest BCUT2D eigenvalue weighted by Gasteiger charge is -2.26. The zero-order valence-electron chi connectivity index (χ0n) is 34.7. The minimum absolute atomic E-state index is 0.239. The molecule has 0 aliphatic heterocycles. The van der Waals surface area contributed by atoms with E-state index in [1.165, 1.54) is 193 Å². The molecule has 0 rings (SSSR count). The summed E-state index contributed by atoms with van der Waals surface area (Å²) in [5.74, 6) is 0. The lowest BCUT2D eigenvalue weighted by Crippen LogP contribution is -2.38. The molecule has 0 saturated heterocycles. The van der Waals surface area contributed by atoms with Crippen LogP contribution in [0.5, 0.6) is 0 Å². The molecule has 9 heteroatoms. The molecule has 8 nitrogen and oxygen atoms in total. The number of likely N-dealkylation sites (N-methyl/N-ethyl adjacent to an activating group) is 1. The highest BCUT2D eigenvalue weighted by atomic mass is 32.3. The molecule has 0 aromatic heterocycles. The summed E-state index contributed by atoms with van der Waals surface area (Å²) in [5, 5.41) is 9.93. The van der Waals surface area contributed by atoms with Gasteiger partial charge in [0, 0.05) is 13.2 Å². The molecule has 1 unspecified atom stereocenters. The Morgan fingerprint density at radius 1 is 0.490 bits per heavy atom. The van der Waals surface area contributed by atoms with Crippen molar-refractivity contribution in [2.75, 3.05) is 33.9 Å². The van der Waals surface area contributed by atoms with Crippen molar-refractivity contribution in [2.24, 2.45) is 0 Å². The van der Waals surface area contributed by atoms with Crippen LogP contribution in [0.25, 0.3) is 0 Å². The number of ether oxygens (including phenoxy) is 2. The van der Waals surface area contributed by atoms with Gasteiger partial charge in [0.2, 0.25) is 0 Å². The maximum Gasteiger partial charge on any atom is 0.397 e. The molecule has 0 saturated carbocycles. The second-order valence-corrected chi connectivity index (χ2v) is 16.1. The van der Waals surface area contributed by atoms with E-state index in [1.807, 2.05) is 18.9 Å². The Kier molecular flexibility index (Phi) is 44.0. The quantitative estimate of drug-likeness (QED) is 0.0362. The molecular formula is C42H89NO7S. The van der Waals surface area contributed by atoms with Gasteiger partial charge < -0.3 is 14.6 Å². The number of aliphatic hydroxyl groups is 1. The van der Waals surface area contributed by atoms with Crippen LogP contribution in [-0.2, 0) is 24.1 Å². The first-order chi connectivity index (χ1) is 24.7. The van der Waals surface area contributed by atoms with Gasteiger partial charge in [-0.15, -0.1) is 0 Å². The Balaban J connectivity index is 0. The highest BCUT2D eigenvalue weighted by Gasteiger charge is 2.15. The summed E-state index contributed by atoms with van der Waals surface area (Å²) in [6.45, 7) is 8.54. The van der Waals surface area contributed by atoms with Crippen molar-refractivity contribution in [1.29, 1.82) is 0 Å².